The van der Waals surface area contributed by atoms with Crippen molar-refractivity contribution >= 4 is 12.3 Å². The highest BCUT2D eigenvalue weighted by atomic mass is 16.6. The van der Waals surface area contributed by atoms with Crippen LogP contribution in [0, 0.1) is 13.8 Å². The zero-order valence-corrected chi connectivity index (χ0v) is 12.0. The minimum atomic E-state index is -0.513. The maximum atomic E-state index is 11.8. The van der Waals surface area contributed by atoms with Crippen LogP contribution in [0.25, 0.3) is 0 Å². The normalized spacial score (nSPS) is 10.0. The van der Waals surface area contributed by atoms with Gasteiger partial charge >= 0.3 is 5.97 Å². The number of ether oxygens (including phenoxy) is 2. The summed E-state index contributed by atoms with van der Waals surface area (Å²) in [5.74, 6) is 0.506. The van der Waals surface area contributed by atoms with E-state index in [9.17, 15) is 9.59 Å². The molecule has 0 aromatic heterocycles. The summed E-state index contributed by atoms with van der Waals surface area (Å²) in [4.78, 5) is 22.4. The van der Waals surface area contributed by atoms with Gasteiger partial charge in [-0.25, -0.2) is 4.79 Å². The second kappa shape index (κ2) is 6.70. The summed E-state index contributed by atoms with van der Waals surface area (Å²) >= 11 is 0. The van der Waals surface area contributed by atoms with Gasteiger partial charge in [-0.2, -0.15) is 0 Å². The van der Waals surface area contributed by atoms with Crippen LogP contribution in [0.1, 0.15) is 21.5 Å². The van der Waals surface area contributed by atoms with Crippen LogP contribution in [-0.2, 0) is 4.79 Å². The Morgan fingerprint density at radius 1 is 1.10 bits per heavy atom. The highest BCUT2D eigenvalue weighted by Crippen LogP contribution is 2.22. The molecular weight excluding hydrogens is 268 g/mol. The molecule has 0 aliphatic heterocycles. The molecule has 0 heterocycles. The molecule has 0 fully saturated rings. The molecule has 2 rings (SSSR count). The van der Waals surface area contributed by atoms with E-state index in [1.165, 1.54) is 6.07 Å². The van der Waals surface area contributed by atoms with Gasteiger partial charge in [0.05, 0.1) is 0 Å². The van der Waals surface area contributed by atoms with Gasteiger partial charge in [0.1, 0.15) is 17.8 Å². The van der Waals surface area contributed by atoms with E-state index in [1.54, 1.807) is 18.2 Å². The fraction of sp³-hybridized carbons (Fsp3) is 0.176. The average molecular weight is 284 g/mol. The van der Waals surface area contributed by atoms with Crippen molar-refractivity contribution in [3.8, 4) is 11.5 Å². The third-order valence-corrected chi connectivity index (χ3v) is 2.97. The number of aldehydes is 1. The molecule has 0 N–H and O–H groups in total. The molecule has 4 nitrogen and oxygen atoms in total. The maximum Gasteiger partial charge on any atom is 0.349 e. The maximum absolute atomic E-state index is 11.8. The van der Waals surface area contributed by atoms with E-state index in [-0.39, 0.29) is 6.61 Å². The predicted octanol–water partition coefficient (Wildman–Crippen LogP) is 3.10. The lowest BCUT2D eigenvalue weighted by Crippen LogP contribution is -2.18. The first-order valence-corrected chi connectivity index (χ1v) is 6.55. The van der Waals surface area contributed by atoms with E-state index in [0.717, 1.165) is 11.1 Å². The molecule has 21 heavy (non-hydrogen) atoms. The van der Waals surface area contributed by atoms with Crippen molar-refractivity contribution in [2.24, 2.45) is 0 Å². The van der Waals surface area contributed by atoms with Gasteiger partial charge in [0, 0.05) is 5.56 Å². The van der Waals surface area contributed by atoms with E-state index < -0.39 is 5.97 Å². The molecule has 4 heteroatoms. The predicted molar refractivity (Wildman–Crippen MR) is 78.9 cm³/mol. The molecule has 2 aromatic rings. The van der Waals surface area contributed by atoms with Gasteiger partial charge in [0.25, 0.3) is 0 Å². The fourth-order valence-corrected chi connectivity index (χ4v) is 1.97. The van der Waals surface area contributed by atoms with Crippen molar-refractivity contribution in [2.75, 3.05) is 6.61 Å². The Bertz CT molecular complexity index is 641. The molecule has 0 amide bonds. The third-order valence-electron chi connectivity index (χ3n) is 2.97. The highest BCUT2D eigenvalue weighted by Gasteiger charge is 2.09. The van der Waals surface area contributed by atoms with Gasteiger partial charge in [-0.1, -0.05) is 30.3 Å². The van der Waals surface area contributed by atoms with Crippen LogP contribution in [0.4, 0.5) is 0 Å². The van der Waals surface area contributed by atoms with Crippen LogP contribution in [0.2, 0.25) is 0 Å². The van der Waals surface area contributed by atoms with Crippen LogP contribution in [0.15, 0.2) is 42.5 Å². The van der Waals surface area contributed by atoms with E-state index in [0.29, 0.717) is 23.3 Å². The van der Waals surface area contributed by atoms with Crippen molar-refractivity contribution in [1.82, 2.24) is 0 Å². The molecule has 108 valence electrons. The summed E-state index contributed by atoms with van der Waals surface area (Å²) in [6, 6.07) is 12.2. The topological polar surface area (TPSA) is 52.6 Å². The van der Waals surface area contributed by atoms with Gasteiger partial charge in [-0.05, 0) is 37.1 Å². The van der Waals surface area contributed by atoms with Crippen molar-refractivity contribution in [3.05, 3.63) is 59.2 Å². The molecule has 0 spiro atoms. The van der Waals surface area contributed by atoms with Crippen molar-refractivity contribution in [1.29, 1.82) is 0 Å². The minimum Gasteiger partial charge on any atom is -0.481 e. The highest BCUT2D eigenvalue weighted by molar-refractivity contribution is 5.77. The van der Waals surface area contributed by atoms with Crippen LogP contribution >= 0.6 is 0 Å². The first kappa shape index (κ1) is 14.8. The van der Waals surface area contributed by atoms with E-state index in [1.807, 2.05) is 32.0 Å². The van der Waals surface area contributed by atoms with Crippen LogP contribution in [-0.4, -0.2) is 18.9 Å². The summed E-state index contributed by atoms with van der Waals surface area (Å²) in [5.41, 5.74) is 2.38. The lowest BCUT2D eigenvalue weighted by atomic mass is 10.1. The molecule has 0 aliphatic rings. The molecule has 0 radical (unpaired) electrons. The Morgan fingerprint density at radius 3 is 2.43 bits per heavy atom. The Balaban J connectivity index is 1.97. The summed E-state index contributed by atoms with van der Waals surface area (Å²) in [7, 11) is 0. The summed E-state index contributed by atoms with van der Waals surface area (Å²) in [6.45, 7) is 3.65. The number of carbonyl (C=O) groups is 2. The Hall–Kier alpha value is -2.62. The molecule has 2 aromatic carbocycles. The third kappa shape index (κ3) is 3.92. The van der Waals surface area contributed by atoms with E-state index >= 15 is 0 Å². The molecular formula is C17H16O4. The van der Waals surface area contributed by atoms with Gasteiger partial charge < -0.3 is 9.47 Å². The Kier molecular flexibility index (Phi) is 4.72. The monoisotopic (exact) mass is 284 g/mol. The first-order chi connectivity index (χ1) is 10.1. The second-order valence-electron chi connectivity index (χ2n) is 4.67. The number of rotatable bonds is 5. The fourth-order valence-electron chi connectivity index (χ4n) is 1.97. The number of hydrogen-bond donors (Lipinski definition) is 0. The second-order valence-corrected chi connectivity index (χ2v) is 4.67. The van der Waals surface area contributed by atoms with Gasteiger partial charge in [0.2, 0.25) is 0 Å². The molecule has 0 bridgehead atoms. The molecule has 0 atom stereocenters. The van der Waals surface area contributed by atoms with Crippen LogP contribution < -0.4 is 9.47 Å². The number of carbonyl (C=O) groups excluding carboxylic acids is 2. The number of esters is 1. The number of benzene rings is 2. The van der Waals surface area contributed by atoms with Crippen LogP contribution in [0.3, 0.4) is 0 Å². The largest absolute Gasteiger partial charge is 0.481 e. The SMILES string of the molecule is Cc1cccc(C)c1OCC(=O)Oc1cccc(C=O)c1. The molecule has 0 unspecified atom stereocenters. The average Bonchev–Trinajstić information content (AvgIpc) is 2.47. The number of aryl methyl sites for hydroxylation is 2. The van der Waals surface area contributed by atoms with Crippen molar-refractivity contribution in [3.63, 3.8) is 0 Å². The summed E-state index contributed by atoms with van der Waals surface area (Å²) in [5, 5.41) is 0. The van der Waals surface area contributed by atoms with Gasteiger partial charge in [-0.15, -0.1) is 0 Å². The van der Waals surface area contributed by atoms with Gasteiger partial charge in [-0.3, -0.25) is 4.79 Å². The standard InChI is InChI=1S/C17H16O4/c1-12-5-3-6-13(2)17(12)20-11-16(19)21-15-8-4-7-14(9-15)10-18/h3-10H,11H2,1-2H3. The van der Waals surface area contributed by atoms with E-state index in [4.69, 9.17) is 9.47 Å². The first-order valence-electron chi connectivity index (χ1n) is 6.55. The number of para-hydroxylation sites is 1. The Labute approximate surface area is 123 Å². The molecule has 0 saturated carbocycles. The van der Waals surface area contributed by atoms with Crippen molar-refractivity contribution in [2.45, 2.75) is 13.8 Å². The smallest absolute Gasteiger partial charge is 0.349 e. The zero-order chi connectivity index (χ0) is 15.2. The molecule has 0 aliphatic carbocycles. The lowest BCUT2D eigenvalue weighted by molar-refractivity contribution is -0.136. The van der Waals surface area contributed by atoms with E-state index in [2.05, 4.69) is 0 Å². The Morgan fingerprint density at radius 2 is 1.76 bits per heavy atom. The van der Waals surface area contributed by atoms with Crippen LogP contribution in [0.5, 0.6) is 11.5 Å². The minimum absolute atomic E-state index is 0.184. The summed E-state index contributed by atoms with van der Waals surface area (Å²) < 4.78 is 10.6. The van der Waals surface area contributed by atoms with Gasteiger partial charge in [0.15, 0.2) is 6.61 Å². The quantitative estimate of drug-likeness (QED) is 0.481. The molecule has 0 saturated heterocycles. The lowest BCUT2D eigenvalue weighted by Gasteiger charge is -2.11. The van der Waals surface area contributed by atoms with Crippen molar-refractivity contribution < 1.29 is 19.1 Å². The summed E-state index contributed by atoms with van der Waals surface area (Å²) in [6.07, 6.45) is 0.699. The zero-order valence-electron chi connectivity index (χ0n) is 12.0. The number of hydrogen-bond acceptors (Lipinski definition) is 4.